The molecule has 27 heavy (non-hydrogen) atoms. The highest BCUT2D eigenvalue weighted by molar-refractivity contribution is 6.10. The molecule has 0 radical (unpaired) electrons. The molecule has 2 aliphatic carbocycles. The van der Waals surface area contributed by atoms with E-state index in [2.05, 4.69) is 10.6 Å². The number of hydrogen-bond acceptors (Lipinski definition) is 2. The van der Waals surface area contributed by atoms with Crippen LogP contribution in [0.25, 0.3) is 0 Å². The van der Waals surface area contributed by atoms with Gasteiger partial charge in [-0.1, -0.05) is 30.7 Å². The molecule has 2 aliphatic rings. The van der Waals surface area contributed by atoms with Gasteiger partial charge in [-0.25, -0.2) is 0 Å². The van der Waals surface area contributed by atoms with E-state index in [-0.39, 0.29) is 11.8 Å². The second-order valence-corrected chi connectivity index (χ2v) is 8.06. The second-order valence-electron chi connectivity index (χ2n) is 8.06. The molecule has 2 N–H and O–H groups in total. The molecule has 3 atom stereocenters. The lowest BCUT2D eigenvalue weighted by atomic mass is 9.86. The first-order valence-corrected chi connectivity index (χ1v) is 9.85. The van der Waals surface area contributed by atoms with Gasteiger partial charge in [-0.15, -0.1) is 0 Å². The van der Waals surface area contributed by atoms with E-state index >= 15 is 0 Å². The Balaban J connectivity index is 1.42. The van der Waals surface area contributed by atoms with E-state index in [0.717, 1.165) is 23.1 Å². The van der Waals surface area contributed by atoms with Gasteiger partial charge in [0.1, 0.15) is 0 Å². The predicted octanol–water partition coefficient (Wildman–Crippen LogP) is 5.01. The highest BCUT2D eigenvalue weighted by Crippen LogP contribution is 2.49. The lowest BCUT2D eigenvalue weighted by Gasteiger charge is -2.21. The summed E-state index contributed by atoms with van der Waals surface area (Å²) in [5.41, 5.74) is 2.90. The number of carbonyl (C=O) groups is 2. The number of nitrogens with one attached hydrogen (secondary N) is 2. The molecule has 2 fully saturated rings. The number of para-hydroxylation sites is 1. The summed E-state index contributed by atoms with van der Waals surface area (Å²) in [6, 6.07) is 14.9. The zero-order valence-corrected chi connectivity index (χ0v) is 15.7. The molecule has 2 bridgehead atoms. The standard InChI is InChI=1S/C23H26N2O2/c1-15-5-4-6-19(11-15)24-23(27)20-7-2-3-8-21(20)25-22(26)14-18-13-16-9-10-17(18)12-16/h2-8,11,16-18H,9-10,12-14H2,1H3,(H,24,27)(H,25,26)/t16-,17+,18-/m0/s1. The molecule has 0 unspecified atom stereocenters. The van der Waals surface area contributed by atoms with E-state index < -0.39 is 0 Å². The Morgan fingerprint density at radius 3 is 2.59 bits per heavy atom. The van der Waals surface area contributed by atoms with Crippen LogP contribution < -0.4 is 10.6 Å². The largest absolute Gasteiger partial charge is 0.325 e. The summed E-state index contributed by atoms with van der Waals surface area (Å²) >= 11 is 0. The van der Waals surface area contributed by atoms with Gasteiger partial charge in [0.15, 0.2) is 0 Å². The third-order valence-electron chi connectivity index (χ3n) is 6.05. The van der Waals surface area contributed by atoms with Crippen LogP contribution in [0.3, 0.4) is 0 Å². The molecular formula is C23H26N2O2. The van der Waals surface area contributed by atoms with E-state index in [4.69, 9.17) is 0 Å². The van der Waals surface area contributed by atoms with E-state index in [9.17, 15) is 9.59 Å². The number of amides is 2. The van der Waals surface area contributed by atoms with Crippen LogP contribution in [0.15, 0.2) is 48.5 Å². The fourth-order valence-corrected chi connectivity index (χ4v) is 4.78. The quantitative estimate of drug-likeness (QED) is 0.785. The van der Waals surface area contributed by atoms with Crippen LogP contribution in [-0.4, -0.2) is 11.8 Å². The summed E-state index contributed by atoms with van der Waals surface area (Å²) in [5, 5.41) is 5.89. The Hall–Kier alpha value is -2.62. The highest BCUT2D eigenvalue weighted by atomic mass is 16.2. The highest BCUT2D eigenvalue weighted by Gasteiger charge is 2.40. The van der Waals surface area contributed by atoms with E-state index in [1.165, 1.54) is 25.7 Å². The normalized spacial score (nSPS) is 23.2. The number of rotatable bonds is 5. The number of hydrogen-bond donors (Lipinski definition) is 2. The SMILES string of the molecule is Cc1cccc(NC(=O)c2ccccc2NC(=O)C[C@@H]2C[C@H]3CC[C@@H]2C3)c1. The minimum Gasteiger partial charge on any atom is -0.325 e. The van der Waals surface area contributed by atoms with Gasteiger partial charge in [-0.3, -0.25) is 9.59 Å². The molecular weight excluding hydrogens is 336 g/mol. The Bertz CT molecular complexity index is 861. The van der Waals surface area contributed by atoms with Crippen LogP contribution in [0.1, 0.15) is 48.0 Å². The van der Waals surface area contributed by atoms with Crippen molar-refractivity contribution in [1.82, 2.24) is 0 Å². The second kappa shape index (κ2) is 7.55. The predicted molar refractivity (Wildman–Crippen MR) is 108 cm³/mol. The average molecular weight is 362 g/mol. The Kier molecular flexibility index (Phi) is 4.97. The molecule has 4 heteroatoms. The molecule has 0 heterocycles. The van der Waals surface area contributed by atoms with Crippen molar-refractivity contribution >= 4 is 23.2 Å². The van der Waals surface area contributed by atoms with Gasteiger partial charge in [0.25, 0.3) is 5.91 Å². The topological polar surface area (TPSA) is 58.2 Å². The van der Waals surface area contributed by atoms with Crippen molar-refractivity contribution in [3.05, 3.63) is 59.7 Å². The molecule has 2 aromatic carbocycles. The Morgan fingerprint density at radius 2 is 1.85 bits per heavy atom. The molecule has 2 amide bonds. The maximum atomic E-state index is 12.7. The Labute approximate surface area is 160 Å². The monoisotopic (exact) mass is 362 g/mol. The summed E-state index contributed by atoms with van der Waals surface area (Å²) < 4.78 is 0. The minimum absolute atomic E-state index is 0.0170. The van der Waals surface area contributed by atoms with Crippen molar-refractivity contribution in [2.75, 3.05) is 10.6 Å². The molecule has 140 valence electrons. The van der Waals surface area contributed by atoms with Crippen molar-refractivity contribution in [3.8, 4) is 0 Å². The maximum absolute atomic E-state index is 12.7. The number of benzene rings is 2. The molecule has 0 aromatic heterocycles. The lowest BCUT2D eigenvalue weighted by molar-refractivity contribution is -0.117. The van der Waals surface area contributed by atoms with Crippen LogP contribution in [0.2, 0.25) is 0 Å². The van der Waals surface area contributed by atoms with Crippen LogP contribution >= 0.6 is 0 Å². The van der Waals surface area contributed by atoms with Crippen molar-refractivity contribution < 1.29 is 9.59 Å². The maximum Gasteiger partial charge on any atom is 0.257 e. The lowest BCUT2D eigenvalue weighted by Crippen LogP contribution is -2.22. The van der Waals surface area contributed by atoms with Gasteiger partial charge >= 0.3 is 0 Å². The summed E-state index contributed by atoms with van der Waals surface area (Å²) in [6.07, 6.45) is 5.67. The first-order valence-electron chi connectivity index (χ1n) is 9.85. The van der Waals surface area contributed by atoms with Gasteiger partial charge in [-0.2, -0.15) is 0 Å². The number of anilines is 2. The molecule has 0 saturated heterocycles. The van der Waals surface area contributed by atoms with Crippen molar-refractivity contribution in [2.24, 2.45) is 17.8 Å². The van der Waals surface area contributed by atoms with E-state index in [1.54, 1.807) is 12.1 Å². The summed E-state index contributed by atoms with van der Waals surface area (Å²) in [6.45, 7) is 1.99. The van der Waals surface area contributed by atoms with Gasteiger partial charge in [-0.05, 0) is 73.8 Å². The summed E-state index contributed by atoms with van der Waals surface area (Å²) in [7, 11) is 0. The minimum atomic E-state index is -0.212. The van der Waals surface area contributed by atoms with Crippen LogP contribution in [0, 0.1) is 24.7 Å². The van der Waals surface area contributed by atoms with E-state index in [1.807, 2.05) is 43.3 Å². The van der Waals surface area contributed by atoms with Gasteiger partial charge in [0.05, 0.1) is 11.3 Å². The number of fused-ring (bicyclic) bond motifs is 2. The van der Waals surface area contributed by atoms with E-state index in [0.29, 0.717) is 23.6 Å². The van der Waals surface area contributed by atoms with Crippen LogP contribution in [0.4, 0.5) is 11.4 Å². The summed E-state index contributed by atoms with van der Waals surface area (Å²) in [4.78, 5) is 25.3. The average Bonchev–Trinajstić information content (AvgIpc) is 3.25. The molecule has 0 aliphatic heterocycles. The third-order valence-corrected chi connectivity index (χ3v) is 6.05. The van der Waals surface area contributed by atoms with Crippen molar-refractivity contribution in [3.63, 3.8) is 0 Å². The van der Waals surface area contributed by atoms with Gasteiger partial charge < -0.3 is 10.6 Å². The zero-order valence-electron chi connectivity index (χ0n) is 15.7. The molecule has 2 saturated carbocycles. The van der Waals surface area contributed by atoms with Crippen LogP contribution in [-0.2, 0) is 4.79 Å². The van der Waals surface area contributed by atoms with Crippen molar-refractivity contribution in [1.29, 1.82) is 0 Å². The van der Waals surface area contributed by atoms with Crippen molar-refractivity contribution in [2.45, 2.75) is 39.0 Å². The third kappa shape index (κ3) is 4.05. The number of aryl methyl sites for hydroxylation is 1. The fourth-order valence-electron chi connectivity index (χ4n) is 4.78. The zero-order chi connectivity index (χ0) is 18.8. The Morgan fingerprint density at radius 1 is 1.00 bits per heavy atom. The smallest absolute Gasteiger partial charge is 0.257 e. The van der Waals surface area contributed by atoms with Gasteiger partial charge in [0.2, 0.25) is 5.91 Å². The first kappa shape index (κ1) is 17.8. The molecule has 0 spiro atoms. The number of carbonyl (C=O) groups excluding carboxylic acids is 2. The summed E-state index contributed by atoms with van der Waals surface area (Å²) in [5.74, 6) is 1.87. The van der Waals surface area contributed by atoms with Crippen LogP contribution in [0.5, 0.6) is 0 Å². The van der Waals surface area contributed by atoms with Gasteiger partial charge in [0, 0.05) is 12.1 Å². The fraction of sp³-hybridized carbons (Fsp3) is 0.391. The molecule has 2 aromatic rings. The molecule has 4 nitrogen and oxygen atoms in total. The first-order chi connectivity index (χ1) is 13.1. The molecule has 4 rings (SSSR count).